The zero-order valence-electron chi connectivity index (χ0n) is 7.12. The second-order valence-corrected chi connectivity index (χ2v) is 3.16. The van der Waals surface area contributed by atoms with Gasteiger partial charge in [0.1, 0.15) is 5.76 Å². The maximum atomic E-state index is 10.5. The van der Waals surface area contributed by atoms with Crippen molar-refractivity contribution in [2.75, 3.05) is 6.54 Å². The van der Waals surface area contributed by atoms with Crippen LogP contribution in [0.15, 0.2) is 16.5 Å². The topological polar surface area (TPSA) is 62.5 Å². The molecule has 70 valence electrons. The van der Waals surface area contributed by atoms with Gasteiger partial charge >= 0.3 is 5.97 Å². The number of carboxylic acid groups (broad SMARTS) is 1. The summed E-state index contributed by atoms with van der Waals surface area (Å²) < 4.78 is 5.17. The first kappa shape index (κ1) is 8.31. The highest BCUT2D eigenvalue weighted by atomic mass is 16.4. The fourth-order valence-electron chi connectivity index (χ4n) is 1.58. The molecule has 1 aromatic rings. The molecule has 1 atom stereocenters. The van der Waals surface area contributed by atoms with Crippen LogP contribution in [-0.4, -0.2) is 17.6 Å². The SMILES string of the molecule is O=C(O)c1ccc([C@@H]2CCCN2)o1. The zero-order chi connectivity index (χ0) is 9.26. The van der Waals surface area contributed by atoms with Crippen molar-refractivity contribution in [3.8, 4) is 0 Å². The van der Waals surface area contributed by atoms with Crippen LogP contribution in [0.2, 0.25) is 0 Å². The van der Waals surface area contributed by atoms with Gasteiger partial charge in [0.05, 0.1) is 6.04 Å². The van der Waals surface area contributed by atoms with Crippen molar-refractivity contribution in [2.24, 2.45) is 0 Å². The van der Waals surface area contributed by atoms with E-state index in [-0.39, 0.29) is 11.8 Å². The Morgan fingerprint density at radius 3 is 3.00 bits per heavy atom. The molecule has 4 heteroatoms. The third kappa shape index (κ3) is 1.58. The molecule has 4 nitrogen and oxygen atoms in total. The van der Waals surface area contributed by atoms with Crippen molar-refractivity contribution in [1.29, 1.82) is 0 Å². The average molecular weight is 181 g/mol. The van der Waals surface area contributed by atoms with Gasteiger partial charge in [0.25, 0.3) is 0 Å². The maximum absolute atomic E-state index is 10.5. The van der Waals surface area contributed by atoms with E-state index in [4.69, 9.17) is 9.52 Å². The van der Waals surface area contributed by atoms with E-state index in [1.165, 1.54) is 6.07 Å². The normalized spacial score (nSPS) is 22.0. The molecule has 0 spiro atoms. The largest absolute Gasteiger partial charge is 0.475 e. The standard InChI is InChI=1S/C9H11NO3/c11-9(12)8-4-3-7(13-8)6-2-1-5-10-6/h3-4,6,10H,1-2,5H2,(H,11,12)/t6-/m0/s1. The number of rotatable bonds is 2. The van der Waals surface area contributed by atoms with E-state index >= 15 is 0 Å². The number of hydrogen-bond acceptors (Lipinski definition) is 3. The van der Waals surface area contributed by atoms with Crippen molar-refractivity contribution in [3.63, 3.8) is 0 Å². The van der Waals surface area contributed by atoms with Crippen LogP contribution in [0.3, 0.4) is 0 Å². The summed E-state index contributed by atoms with van der Waals surface area (Å²) in [5.41, 5.74) is 0. The number of furan rings is 1. The highest BCUT2D eigenvalue weighted by Crippen LogP contribution is 2.24. The minimum atomic E-state index is -1.01. The Morgan fingerprint density at radius 2 is 2.46 bits per heavy atom. The Labute approximate surface area is 75.6 Å². The average Bonchev–Trinajstić information content (AvgIpc) is 2.75. The second kappa shape index (κ2) is 3.22. The Hall–Kier alpha value is -1.29. The molecule has 2 rings (SSSR count). The molecule has 0 unspecified atom stereocenters. The summed E-state index contributed by atoms with van der Waals surface area (Å²) >= 11 is 0. The summed E-state index contributed by atoms with van der Waals surface area (Å²) in [4.78, 5) is 10.5. The summed E-state index contributed by atoms with van der Waals surface area (Å²) in [5.74, 6) is -0.261. The van der Waals surface area contributed by atoms with Crippen molar-refractivity contribution in [3.05, 3.63) is 23.7 Å². The summed E-state index contributed by atoms with van der Waals surface area (Å²) in [6.07, 6.45) is 2.14. The zero-order valence-corrected chi connectivity index (χ0v) is 7.12. The third-order valence-electron chi connectivity index (χ3n) is 2.24. The fourth-order valence-corrected chi connectivity index (χ4v) is 1.58. The van der Waals surface area contributed by atoms with Crippen LogP contribution in [0.4, 0.5) is 0 Å². The minimum absolute atomic E-state index is 0.0173. The summed E-state index contributed by atoms with van der Waals surface area (Å²) in [7, 11) is 0. The van der Waals surface area contributed by atoms with Crippen LogP contribution in [0.1, 0.15) is 35.2 Å². The molecule has 1 aromatic heterocycles. The first-order valence-electron chi connectivity index (χ1n) is 4.34. The molecular weight excluding hydrogens is 170 g/mol. The summed E-state index contributed by atoms with van der Waals surface area (Å²) in [5, 5.41) is 11.9. The van der Waals surface area contributed by atoms with E-state index in [1.807, 2.05) is 0 Å². The minimum Gasteiger partial charge on any atom is -0.475 e. The number of nitrogens with one attached hydrogen (secondary N) is 1. The molecule has 0 saturated carbocycles. The van der Waals surface area contributed by atoms with Crippen LogP contribution < -0.4 is 5.32 Å². The quantitative estimate of drug-likeness (QED) is 0.724. The van der Waals surface area contributed by atoms with E-state index < -0.39 is 5.97 Å². The predicted molar refractivity (Wildman–Crippen MR) is 45.6 cm³/mol. The molecule has 2 heterocycles. The summed E-state index contributed by atoms with van der Waals surface area (Å²) in [6.45, 7) is 0.980. The fraction of sp³-hybridized carbons (Fsp3) is 0.444. The van der Waals surface area contributed by atoms with Gasteiger partial charge in [0, 0.05) is 0 Å². The van der Waals surface area contributed by atoms with Gasteiger partial charge in [-0.2, -0.15) is 0 Å². The lowest BCUT2D eigenvalue weighted by Gasteiger charge is -2.04. The highest BCUT2D eigenvalue weighted by Gasteiger charge is 2.20. The lowest BCUT2D eigenvalue weighted by Crippen LogP contribution is -2.11. The molecule has 1 fully saturated rings. The van der Waals surface area contributed by atoms with Crippen LogP contribution in [0.25, 0.3) is 0 Å². The Bertz CT molecular complexity index is 312. The van der Waals surface area contributed by atoms with Gasteiger partial charge in [-0.15, -0.1) is 0 Å². The van der Waals surface area contributed by atoms with Gasteiger partial charge in [-0.05, 0) is 31.5 Å². The van der Waals surface area contributed by atoms with Gasteiger partial charge in [-0.25, -0.2) is 4.79 Å². The van der Waals surface area contributed by atoms with Gasteiger partial charge in [0.2, 0.25) is 5.76 Å². The van der Waals surface area contributed by atoms with E-state index in [9.17, 15) is 4.79 Å². The van der Waals surface area contributed by atoms with E-state index in [1.54, 1.807) is 6.07 Å². The highest BCUT2D eigenvalue weighted by molar-refractivity contribution is 5.84. The molecule has 0 aliphatic carbocycles. The Morgan fingerprint density at radius 1 is 1.62 bits per heavy atom. The van der Waals surface area contributed by atoms with Gasteiger partial charge in [-0.1, -0.05) is 0 Å². The van der Waals surface area contributed by atoms with Crippen LogP contribution in [0.5, 0.6) is 0 Å². The van der Waals surface area contributed by atoms with E-state index in [2.05, 4.69) is 5.32 Å². The van der Waals surface area contributed by atoms with Crippen LogP contribution in [-0.2, 0) is 0 Å². The molecule has 0 radical (unpaired) electrons. The molecule has 1 aliphatic heterocycles. The van der Waals surface area contributed by atoms with Gasteiger partial charge in [-0.3, -0.25) is 0 Å². The van der Waals surface area contributed by atoms with Crippen molar-refractivity contribution in [2.45, 2.75) is 18.9 Å². The Kier molecular flexibility index (Phi) is 2.06. The van der Waals surface area contributed by atoms with Crippen LogP contribution in [0, 0.1) is 0 Å². The van der Waals surface area contributed by atoms with Gasteiger partial charge < -0.3 is 14.8 Å². The predicted octanol–water partition coefficient (Wildman–Crippen LogP) is 1.40. The smallest absolute Gasteiger partial charge is 0.371 e. The molecule has 1 saturated heterocycles. The monoisotopic (exact) mass is 181 g/mol. The molecular formula is C9H11NO3. The molecule has 0 amide bonds. The summed E-state index contributed by atoms with van der Waals surface area (Å²) in [6, 6.07) is 3.43. The number of aromatic carboxylic acids is 1. The molecule has 2 N–H and O–H groups in total. The second-order valence-electron chi connectivity index (χ2n) is 3.16. The lowest BCUT2D eigenvalue weighted by molar-refractivity contribution is 0.0659. The molecule has 0 aromatic carbocycles. The van der Waals surface area contributed by atoms with Crippen molar-refractivity contribution >= 4 is 5.97 Å². The van der Waals surface area contributed by atoms with Crippen LogP contribution >= 0.6 is 0 Å². The molecule has 0 bridgehead atoms. The first-order chi connectivity index (χ1) is 6.27. The van der Waals surface area contributed by atoms with E-state index in [0.29, 0.717) is 0 Å². The van der Waals surface area contributed by atoms with Crippen molar-refractivity contribution < 1.29 is 14.3 Å². The first-order valence-corrected chi connectivity index (χ1v) is 4.34. The third-order valence-corrected chi connectivity index (χ3v) is 2.24. The molecule has 1 aliphatic rings. The number of carbonyl (C=O) groups is 1. The lowest BCUT2D eigenvalue weighted by atomic mass is 10.2. The molecule has 13 heavy (non-hydrogen) atoms. The van der Waals surface area contributed by atoms with E-state index in [0.717, 1.165) is 25.1 Å². The number of hydrogen-bond donors (Lipinski definition) is 2. The Balaban J connectivity index is 2.16. The maximum Gasteiger partial charge on any atom is 0.371 e. The van der Waals surface area contributed by atoms with Gasteiger partial charge in [0.15, 0.2) is 0 Å². The number of carboxylic acids is 1. The van der Waals surface area contributed by atoms with Crippen molar-refractivity contribution in [1.82, 2.24) is 5.32 Å².